The van der Waals surface area contributed by atoms with E-state index in [1.54, 1.807) is 7.11 Å². The molecule has 3 heteroatoms. The molecule has 0 saturated carbocycles. The molecule has 0 aliphatic rings. The Morgan fingerprint density at radius 3 is 2.79 bits per heavy atom. The van der Waals surface area contributed by atoms with E-state index in [2.05, 4.69) is 18.9 Å². The number of ether oxygens (including phenoxy) is 1. The molecule has 0 aromatic rings. The topological polar surface area (TPSA) is 47.3 Å². The van der Waals surface area contributed by atoms with E-state index in [-0.39, 0.29) is 0 Å². The lowest BCUT2D eigenvalue weighted by Gasteiger charge is -2.19. The van der Waals surface area contributed by atoms with Crippen molar-refractivity contribution >= 4 is 0 Å². The molecular weight excluding hydrogens is 176 g/mol. The van der Waals surface area contributed by atoms with E-state index >= 15 is 0 Å². The minimum Gasteiger partial charge on any atom is -0.384 e. The van der Waals surface area contributed by atoms with Gasteiger partial charge < -0.3 is 4.74 Å². The van der Waals surface area contributed by atoms with Crippen LogP contribution in [0.1, 0.15) is 32.6 Å². The van der Waals surface area contributed by atoms with Crippen molar-refractivity contribution in [2.24, 2.45) is 11.8 Å². The maximum Gasteiger partial charge on any atom is 0.0488 e. The highest BCUT2D eigenvalue weighted by molar-refractivity contribution is 4.71. The fraction of sp³-hybridized carbons (Fsp3) is 0.818. The first kappa shape index (κ1) is 13.6. The normalized spacial score (nSPS) is 15.1. The van der Waals surface area contributed by atoms with E-state index in [9.17, 15) is 0 Å². The lowest BCUT2D eigenvalue weighted by atomic mass is 9.99. The molecule has 0 radical (unpaired) electrons. The zero-order chi connectivity index (χ0) is 10.8. The molecule has 0 aromatic heterocycles. The molecule has 0 rings (SSSR count). The molecular formula is C11H24N2O. The predicted molar refractivity (Wildman–Crippen MR) is 60.8 cm³/mol. The van der Waals surface area contributed by atoms with Gasteiger partial charge in [-0.05, 0) is 31.6 Å². The van der Waals surface area contributed by atoms with E-state index in [4.69, 9.17) is 10.6 Å². The van der Waals surface area contributed by atoms with Gasteiger partial charge in [0.2, 0.25) is 0 Å². The van der Waals surface area contributed by atoms with Crippen LogP contribution >= 0.6 is 0 Å². The van der Waals surface area contributed by atoms with Gasteiger partial charge in [-0.2, -0.15) is 0 Å². The molecule has 84 valence electrons. The van der Waals surface area contributed by atoms with Crippen molar-refractivity contribution in [3.63, 3.8) is 0 Å². The maximum absolute atomic E-state index is 5.48. The standard InChI is InChI=1S/C11H24N2O/c1-4-5-6-7-11(13-12)8-10(2)9-14-3/h4,10-11,13H,1,5-9,12H2,2-3H3. The monoisotopic (exact) mass is 200 g/mol. The molecule has 0 heterocycles. The third kappa shape index (κ3) is 7.06. The van der Waals surface area contributed by atoms with E-state index in [0.29, 0.717) is 12.0 Å². The van der Waals surface area contributed by atoms with Crippen molar-refractivity contribution in [1.29, 1.82) is 0 Å². The molecule has 2 atom stereocenters. The summed E-state index contributed by atoms with van der Waals surface area (Å²) in [6.07, 6.45) is 6.35. The highest BCUT2D eigenvalue weighted by atomic mass is 16.5. The van der Waals surface area contributed by atoms with Crippen molar-refractivity contribution in [3.05, 3.63) is 12.7 Å². The Morgan fingerprint density at radius 2 is 2.29 bits per heavy atom. The van der Waals surface area contributed by atoms with Crippen LogP contribution in [0.3, 0.4) is 0 Å². The number of hydrogen-bond donors (Lipinski definition) is 2. The SMILES string of the molecule is C=CCCCC(CC(C)COC)NN. The van der Waals surface area contributed by atoms with Gasteiger partial charge in [0.1, 0.15) is 0 Å². The first-order valence-electron chi connectivity index (χ1n) is 5.30. The van der Waals surface area contributed by atoms with Crippen molar-refractivity contribution in [2.45, 2.75) is 38.6 Å². The van der Waals surface area contributed by atoms with Gasteiger partial charge in [0.15, 0.2) is 0 Å². The largest absolute Gasteiger partial charge is 0.384 e. The molecule has 14 heavy (non-hydrogen) atoms. The number of methoxy groups -OCH3 is 1. The quantitative estimate of drug-likeness (QED) is 0.258. The number of hydrazine groups is 1. The lowest BCUT2D eigenvalue weighted by molar-refractivity contribution is 0.148. The molecule has 2 unspecified atom stereocenters. The summed E-state index contributed by atoms with van der Waals surface area (Å²) in [5.41, 5.74) is 2.86. The van der Waals surface area contributed by atoms with Crippen LogP contribution in [0.4, 0.5) is 0 Å². The van der Waals surface area contributed by atoms with Gasteiger partial charge >= 0.3 is 0 Å². The minimum atomic E-state index is 0.403. The summed E-state index contributed by atoms with van der Waals surface area (Å²) >= 11 is 0. The summed E-state index contributed by atoms with van der Waals surface area (Å²) in [6.45, 7) is 6.69. The smallest absolute Gasteiger partial charge is 0.0488 e. The van der Waals surface area contributed by atoms with E-state index in [1.807, 2.05) is 6.08 Å². The zero-order valence-corrected chi connectivity index (χ0v) is 9.46. The number of rotatable bonds is 9. The Balaban J connectivity index is 3.60. The Morgan fingerprint density at radius 1 is 1.57 bits per heavy atom. The number of unbranched alkanes of at least 4 members (excludes halogenated alkanes) is 1. The first-order chi connectivity index (χ1) is 6.74. The van der Waals surface area contributed by atoms with E-state index < -0.39 is 0 Å². The number of nitrogens with one attached hydrogen (secondary N) is 1. The van der Waals surface area contributed by atoms with E-state index in [1.165, 1.54) is 0 Å². The minimum absolute atomic E-state index is 0.403. The predicted octanol–water partition coefficient (Wildman–Crippen LogP) is 1.85. The number of nitrogens with two attached hydrogens (primary N) is 1. The molecule has 3 nitrogen and oxygen atoms in total. The van der Waals surface area contributed by atoms with Crippen LogP contribution in [0.2, 0.25) is 0 Å². The number of hydrogen-bond acceptors (Lipinski definition) is 3. The van der Waals surface area contributed by atoms with Crippen LogP contribution in [-0.2, 0) is 4.74 Å². The molecule has 0 aliphatic carbocycles. The third-order valence-electron chi connectivity index (χ3n) is 2.33. The molecule has 0 bridgehead atoms. The molecule has 0 spiro atoms. The summed E-state index contributed by atoms with van der Waals surface area (Å²) in [4.78, 5) is 0. The van der Waals surface area contributed by atoms with Gasteiger partial charge in [0.05, 0.1) is 0 Å². The Bertz CT molecular complexity index is 139. The Kier molecular flexibility index (Phi) is 8.94. The first-order valence-corrected chi connectivity index (χ1v) is 5.30. The second-order valence-corrected chi connectivity index (χ2v) is 3.88. The van der Waals surface area contributed by atoms with Crippen LogP contribution in [0.25, 0.3) is 0 Å². The lowest BCUT2D eigenvalue weighted by Crippen LogP contribution is -2.36. The molecule has 3 N–H and O–H groups in total. The fourth-order valence-electron chi connectivity index (χ4n) is 1.62. The summed E-state index contributed by atoms with van der Waals surface area (Å²) in [5.74, 6) is 6.04. The second-order valence-electron chi connectivity index (χ2n) is 3.88. The molecule has 0 saturated heterocycles. The fourth-order valence-corrected chi connectivity index (χ4v) is 1.62. The molecule has 0 amide bonds. The van der Waals surface area contributed by atoms with Crippen LogP contribution < -0.4 is 11.3 Å². The Hall–Kier alpha value is -0.380. The van der Waals surface area contributed by atoms with Crippen LogP contribution in [0.5, 0.6) is 0 Å². The van der Waals surface area contributed by atoms with Crippen molar-refractivity contribution < 1.29 is 4.74 Å². The maximum atomic E-state index is 5.48. The van der Waals surface area contributed by atoms with Crippen molar-refractivity contribution in [3.8, 4) is 0 Å². The molecule has 0 fully saturated rings. The summed E-state index contributed by atoms with van der Waals surface area (Å²) < 4.78 is 5.09. The second kappa shape index (κ2) is 9.19. The molecule has 0 aliphatic heterocycles. The van der Waals surface area contributed by atoms with Crippen molar-refractivity contribution in [1.82, 2.24) is 5.43 Å². The average molecular weight is 200 g/mol. The molecule has 0 aromatic carbocycles. The van der Waals surface area contributed by atoms with Crippen molar-refractivity contribution in [2.75, 3.05) is 13.7 Å². The summed E-state index contributed by atoms with van der Waals surface area (Å²) in [6, 6.07) is 0.403. The van der Waals surface area contributed by atoms with Gasteiger partial charge in [-0.25, -0.2) is 0 Å². The summed E-state index contributed by atoms with van der Waals surface area (Å²) in [7, 11) is 1.74. The van der Waals surface area contributed by atoms with Crippen LogP contribution in [-0.4, -0.2) is 19.8 Å². The van der Waals surface area contributed by atoms with Gasteiger partial charge in [-0.3, -0.25) is 11.3 Å². The van der Waals surface area contributed by atoms with Gasteiger partial charge in [-0.15, -0.1) is 6.58 Å². The highest BCUT2D eigenvalue weighted by Crippen LogP contribution is 2.11. The number of allylic oxidation sites excluding steroid dienone is 1. The third-order valence-corrected chi connectivity index (χ3v) is 2.33. The Labute approximate surface area is 87.7 Å². The van der Waals surface area contributed by atoms with E-state index in [0.717, 1.165) is 32.3 Å². The highest BCUT2D eigenvalue weighted by Gasteiger charge is 2.10. The summed E-state index contributed by atoms with van der Waals surface area (Å²) in [5, 5.41) is 0. The van der Waals surface area contributed by atoms with Gasteiger partial charge in [0.25, 0.3) is 0 Å². The average Bonchev–Trinajstić information content (AvgIpc) is 2.17. The van der Waals surface area contributed by atoms with Gasteiger partial charge in [-0.1, -0.05) is 13.0 Å². The zero-order valence-electron chi connectivity index (χ0n) is 9.46. The van der Waals surface area contributed by atoms with Crippen LogP contribution in [0, 0.1) is 5.92 Å². The van der Waals surface area contributed by atoms with Crippen LogP contribution in [0.15, 0.2) is 12.7 Å². The van der Waals surface area contributed by atoms with Gasteiger partial charge in [0, 0.05) is 19.8 Å².